The van der Waals surface area contributed by atoms with E-state index in [9.17, 15) is 13.2 Å². The Balaban J connectivity index is 1.77. The van der Waals surface area contributed by atoms with Crippen molar-refractivity contribution in [2.24, 2.45) is 0 Å². The number of amides is 1. The topological polar surface area (TPSA) is 88.6 Å². The first-order valence-electron chi connectivity index (χ1n) is 7.26. The molecule has 0 spiro atoms. The molecule has 0 saturated carbocycles. The largest absolute Gasteiger partial charge is 0.374 e. The number of nitrogens with zero attached hydrogens (tertiary/aromatic N) is 2. The lowest BCUT2D eigenvalue weighted by Crippen LogP contribution is -2.47. The fraction of sp³-hybridized carbons (Fsp3) is 0.571. The molecule has 2 fully saturated rings. The third-order valence-electron chi connectivity index (χ3n) is 4.14. The number of fused-ring (bicyclic) bond motifs is 1. The van der Waals surface area contributed by atoms with Gasteiger partial charge in [0.15, 0.2) is 0 Å². The number of hydrogen-bond acceptors (Lipinski definition) is 5. The number of hydrogen-bond donors (Lipinski definition) is 1. The minimum atomic E-state index is -3.32. The number of sulfonamides is 1. The van der Waals surface area contributed by atoms with Crippen LogP contribution in [0.4, 0.5) is 0 Å². The monoisotopic (exact) mass is 325 g/mol. The van der Waals surface area contributed by atoms with Crippen LogP contribution in [0.2, 0.25) is 0 Å². The first-order chi connectivity index (χ1) is 10.5. The number of pyridine rings is 1. The van der Waals surface area contributed by atoms with Crippen molar-refractivity contribution < 1.29 is 17.9 Å². The van der Waals surface area contributed by atoms with E-state index in [1.54, 1.807) is 18.3 Å². The highest BCUT2D eigenvalue weighted by molar-refractivity contribution is 7.88. The standard InChI is InChI=1S/C14H19N3O4S/c1-22(19,20)17-9-11(13-12(17)5-3-7-21-13)16-14(18)10-4-2-6-15-8-10/h2,4,6,8,11-13H,3,5,7,9H2,1H3,(H,16,18)/t11-,12+,13+/m1/s1. The molecule has 0 unspecified atom stereocenters. The zero-order chi connectivity index (χ0) is 15.7. The zero-order valence-corrected chi connectivity index (χ0v) is 13.1. The van der Waals surface area contributed by atoms with Crippen LogP contribution in [0.15, 0.2) is 24.5 Å². The number of nitrogens with one attached hydrogen (secondary N) is 1. The van der Waals surface area contributed by atoms with E-state index in [-0.39, 0.29) is 30.6 Å². The Kier molecular flexibility index (Phi) is 4.16. The summed E-state index contributed by atoms with van der Waals surface area (Å²) in [6.45, 7) is 0.845. The third kappa shape index (κ3) is 2.99. The maximum absolute atomic E-state index is 12.3. The van der Waals surface area contributed by atoms with Crippen molar-refractivity contribution in [3.05, 3.63) is 30.1 Å². The van der Waals surface area contributed by atoms with Gasteiger partial charge >= 0.3 is 0 Å². The Morgan fingerprint density at radius 1 is 1.50 bits per heavy atom. The molecule has 3 heterocycles. The Bertz CT molecular complexity index is 649. The molecule has 3 atom stereocenters. The van der Waals surface area contributed by atoms with Crippen molar-refractivity contribution >= 4 is 15.9 Å². The van der Waals surface area contributed by atoms with Gasteiger partial charge in [-0.05, 0) is 25.0 Å². The van der Waals surface area contributed by atoms with Crippen LogP contribution in [-0.2, 0) is 14.8 Å². The van der Waals surface area contributed by atoms with E-state index < -0.39 is 10.0 Å². The number of carbonyl (C=O) groups excluding carboxylic acids is 1. The summed E-state index contributed by atoms with van der Waals surface area (Å²) in [5, 5.41) is 2.89. The molecule has 2 aliphatic rings. The first kappa shape index (κ1) is 15.4. The molecule has 8 heteroatoms. The number of aromatic nitrogens is 1. The molecule has 22 heavy (non-hydrogen) atoms. The fourth-order valence-corrected chi connectivity index (χ4v) is 4.32. The summed E-state index contributed by atoms with van der Waals surface area (Å²) in [6.07, 6.45) is 5.58. The lowest BCUT2D eigenvalue weighted by atomic mass is 10.0. The van der Waals surface area contributed by atoms with Gasteiger partial charge in [0.25, 0.3) is 5.91 Å². The molecule has 0 aromatic carbocycles. The summed E-state index contributed by atoms with van der Waals surface area (Å²) in [5.74, 6) is -0.263. The van der Waals surface area contributed by atoms with Crippen LogP contribution in [0.3, 0.4) is 0 Å². The summed E-state index contributed by atoms with van der Waals surface area (Å²) in [6, 6.07) is 2.83. The first-order valence-corrected chi connectivity index (χ1v) is 9.11. The molecule has 3 rings (SSSR count). The minimum Gasteiger partial charge on any atom is -0.374 e. The minimum absolute atomic E-state index is 0.192. The smallest absolute Gasteiger partial charge is 0.253 e. The van der Waals surface area contributed by atoms with Gasteiger partial charge in [0.1, 0.15) is 0 Å². The van der Waals surface area contributed by atoms with Crippen LogP contribution in [0, 0.1) is 0 Å². The van der Waals surface area contributed by atoms with E-state index in [1.165, 1.54) is 16.8 Å². The highest BCUT2D eigenvalue weighted by Crippen LogP contribution is 2.30. The van der Waals surface area contributed by atoms with E-state index >= 15 is 0 Å². The number of carbonyl (C=O) groups is 1. The maximum atomic E-state index is 12.3. The molecule has 1 N–H and O–H groups in total. The summed E-state index contributed by atoms with van der Waals surface area (Å²) >= 11 is 0. The Morgan fingerprint density at radius 3 is 3.00 bits per heavy atom. The molecule has 2 saturated heterocycles. The van der Waals surface area contributed by atoms with Crippen molar-refractivity contribution in [3.8, 4) is 0 Å². The van der Waals surface area contributed by atoms with Crippen molar-refractivity contribution in [3.63, 3.8) is 0 Å². The van der Waals surface area contributed by atoms with Crippen molar-refractivity contribution in [1.29, 1.82) is 0 Å². The van der Waals surface area contributed by atoms with Gasteiger partial charge in [0.05, 0.1) is 30.0 Å². The van der Waals surface area contributed by atoms with Crippen molar-refractivity contribution in [1.82, 2.24) is 14.6 Å². The predicted molar refractivity (Wildman–Crippen MR) is 79.8 cm³/mol. The second-order valence-corrected chi connectivity index (χ2v) is 7.63. The molecule has 120 valence electrons. The predicted octanol–water partition coefficient (Wildman–Crippen LogP) is 0.00280. The molecule has 1 amide bonds. The van der Waals surface area contributed by atoms with Gasteiger partial charge in [-0.1, -0.05) is 0 Å². The van der Waals surface area contributed by atoms with Crippen LogP contribution in [0.5, 0.6) is 0 Å². The average Bonchev–Trinajstić information content (AvgIpc) is 2.87. The van der Waals surface area contributed by atoms with Crippen LogP contribution in [0.1, 0.15) is 23.2 Å². The second kappa shape index (κ2) is 5.94. The third-order valence-corrected chi connectivity index (χ3v) is 5.41. The maximum Gasteiger partial charge on any atom is 0.253 e. The highest BCUT2D eigenvalue weighted by Gasteiger charge is 2.48. The lowest BCUT2D eigenvalue weighted by Gasteiger charge is -2.31. The van der Waals surface area contributed by atoms with Gasteiger partial charge in [-0.25, -0.2) is 8.42 Å². The molecule has 7 nitrogen and oxygen atoms in total. The highest BCUT2D eigenvalue weighted by atomic mass is 32.2. The van der Waals surface area contributed by atoms with Crippen LogP contribution >= 0.6 is 0 Å². The molecule has 1 aromatic rings. The lowest BCUT2D eigenvalue weighted by molar-refractivity contribution is -0.0103. The SMILES string of the molecule is CS(=O)(=O)N1C[C@@H](NC(=O)c2cccnc2)[C@@H]2OCCC[C@@H]21. The normalized spacial score (nSPS) is 29.0. The van der Waals surface area contributed by atoms with Gasteiger partial charge in [-0.2, -0.15) is 4.31 Å². The van der Waals surface area contributed by atoms with Gasteiger partial charge in [0, 0.05) is 25.5 Å². The number of ether oxygens (including phenoxy) is 1. The van der Waals surface area contributed by atoms with E-state index in [1.807, 2.05) is 0 Å². The quantitative estimate of drug-likeness (QED) is 0.845. The molecule has 0 radical (unpaired) electrons. The van der Waals surface area contributed by atoms with Gasteiger partial charge in [0.2, 0.25) is 10.0 Å². The van der Waals surface area contributed by atoms with Crippen LogP contribution in [-0.4, -0.2) is 61.2 Å². The van der Waals surface area contributed by atoms with Gasteiger partial charge in [-0.3, -0.25) is 9.78 Å². The van der Waals surface area contributed by atoms with E-state index in [2.05, 4.69) is 10.3 Å². The molecule has 1 aromatic heterocycles. The summed E-state index contributed by atoms with van der Waals surface area (Å²) in [5.41, 5.74) is 0.452. The van der Waals surface area contributed by atoms with E-state index in [0.29, 0.717) is 12.2 Å². The summed E-state index contributed by atoms with van der Waals surface area (Å²) in [7, 11) is -3.32. The van der Waals surface area contributed by atoms with Crippen molar-refractivity contribution in [2.45, 2.75) is 31.0 Å². The van der Waals surface area contributed by atoms with E-state index in [0.717, 1.165) is 12.8 Å². The molecular formula is C14H19N3O4S. The van der Waals surface area contributed by atoms with E-state index in [4.69, 9.17) is 4.74 Å². The van der Waals surface area contributed by atoms with Crippen molar-refractivity contribution in [2.75, 3.05) is 19.4 Å². The van der Waals surface area contributed by atoms with Crippen LogP contribution < -0.4 is 5.32 Å². The fourth-order valence-electron chi connectivity index (χ4n) is 3.17. The molecule has 0 bridgehead atoms. The second-order valence-electron chi connectivity index (χ2n) is 5.70. The zero-order valence-electron chi connectivity index (χ0n) is 12.3. The molecular weight excluding hydrogens is 306 g/mol. The molecule has 2 aliphatic heterocycles. The van der Waals surface area contributed by atoms with Crippen LogP contribution in [0.25, 0.3) is 0 Å². The average molecular weight is 325 g/mol. The number of rotatable bonds is 3. The summed E-state index contributed by atoms with van der Waals surface area (Å²) < 4.78 is 31.1. The van der Waals surface area contributed by atoms with Gasteiger partial charge in [-0.15, -0.1) is 0 Å². The molecule has 0 aliphatic carbocycles. The summed E-state index contributed by atoms with van der Waals surface area (Å²) in [4.78, 5) is 16.2. The Hall–Kier alpha value is -1.51. The Labute approximate surface area is 129 Å². The van der Waals surface area contributed by atoms with Gasteiger partial charge < -0.3 is 10.1 Å². The Morgan fingerprint density at radius 2 is 2.32 bits per heavy atom.